The molecule has 4 nitrogen and oxygen atoms in total. The van der Waals surface area contributed by atoms with E-state index in [1.807, 2.05) is 65.5 Å². The summed E-state index contributed by atoms with van der Waals surface area (Å²) in [6.07, 6.45) is 7.98. The molecule has 0 amide bonds. The Bertz CT molecular complexity index is 886. The molecule has 0 fully saturated rings. The van der Waals surface area contributed by atoms with Gasteiger partial charge >= 0.3 is 5.97 Å². The highest BCUT2D eigenvalue weighted by atomic mass is 35.5. The lowest BCUT2D eigenvalue weighted by Gasteiger charge is -2.00. The molecule has 132 valence electrons. The number of carbonyl (C=O) groups is 1. The summed E-state index contributed by atoms with van der Waals surface area (Å²) >= 11 is 0. The standard InChI is InChI=1S/C21H17NO3.ClH/c23-20-9-5-16(6-10-20)1-2-17-11-13-22(14-12-17)15-18-3-7-19(8-4-18)21(24)25;/h1-14H,15H2,(H,24,25);1H. The van der Waals surface area contributed by atoms with E-state index in [1.165, 1.54) is 0 Å². The Kier molecular flexibility index (Phi) is 6.53. The second kappa shape index (κ2) is 8.83. The fourth-order valence-electron chi connectivity index (χ4n) is 2.43. The highest BCUT2D eigenvalue weighted by Crippen LogP contribution is 2.12. The number of rotatable bonds is 5. The zero-order valence-electron chi connectivity index (χ0n) is 13.9. The molecule has 0 saturated heterocycles. The molecule has 3 aromatic rings. The van der Waals surface area contributed by atoms with Crippen molar-refractivity contribution in [1.82, 2.24) is 0 Å². The van der Waals surface area contributed by atoms with Gasteiger partial charge < -0.3 is 22.6 Å². The number of aromatic carboxylic acids is 1. The van der Waals surface area contributed by atoms with E-state index in [4.69, 9.17) is 5.11 Å². The number of carboxylic acids is 1. The minimum absolute atomic E-state index is 0. The van der Waals surface area contributed by atoms with E-state index in [-0.39, 0.29) is 18.2 Å². The maximum atomic E-state index is 10.9. The van der Waals surface area contributed by atoms with Crippen molar-refractivity contribution in [2.24, 2.45) is 0 Å². The van der Waals surface area contributed by atoms with Crippen molar-refractivity contribution in [2.75, 3.05) is 0 Å². The molecule has 0 spiro atoms. The van der Waals surface area contributed by atoms with E-state index in [0.29, 0.717) is 12.1 Å². The van der Waals surface area contributed by atoms with E-state index in [0.717, 1.165) is 16.7 Å². The van der Waals surface area contributed by atoms with Crippen LogP contribution in [0.5, 0.6) is 5.75 Å². The Hall–Kier alpha value is -3.11. The summed E-state index contributed by atoms with van der Waals surface area (Å²) in [5, 5.41) is 18.2. The van der Waals surface area contributed by atoms with Crippen LogP contribution < -0.4 is 17.0 Å². The molecule has 1 heterocycles. The van der Waals surface area contributed by atoms with Gasteiger partial charge in [0, 0.05) is 17.7 Å². The second-order valence-electron chi connectivity index (χ2n) is 5.73. The van der Waals surface area contributed by atoms with Crippen molar-refractivity contribution < 1.29 is 32.0 Å². The van der Waals surface area contributed by atoms with Crippen LogP contribution >= 0.6 is 0 Å². The van der Waals surface area contributed by atoms with Gasteiger partial charge in [-0.3, -0.25) is 0 Å². The Labute approximate surface area is 158 Å². The van der Waals surface area contributed by atoms with Gasteiger partial charge in [-0.25, -0.2) is 9.36 Å². The molecule has 0 saturated carbocycles. The van der Waals surface area contributed by atoms with Crippen LogP contribution in [-0.4, -0.2) is 16.2 Å². The fourth-order valence-corrected chi connectivity index (χ4v) is 2.43. The first kappa shape index (κ1) is 19.2. The monoisotopic (exact) mass is 367 g/mol. The first-order valence-electron chi connectivity index (χ1n) is 7.88. The normalized spacial score (nSPS) is 10.5. The summed E-state index contributed by atoms with van der Waals surface area (Å²) in [5.74, 6) is -0.654. The number of hydrogen-bond acceptors (Lipinski definition) is 2. The van der Waals surface area contributed by atoms with Crippen LogP contribution in [0.25, 0.3) is 12.2 Å². The Morgan fingerprint density at radius 3 is 1.92 bits per heavy atom. The highest BCUT2D eigenvalue weighted by Gasteiger charge is 2.05. The van der Waals surface area contributed by atoms with Crippen LogP contribution in [-0.2, 0) is 6.54 Å². The number of hydrogen-bond donors (Lipinski definition) is 2. The van der Waals surface area contributed by atoms with Crippen molar-refractivity contribution in [1.29, 1.82) is 0 Å². The number of aromatic hydroxyl groups is 1. The van der Waals surface area contributed by atoms with E-state index >= 15 is 0 Å². The largest absolute Gasteiger partial charge is 1.00 e. The number of aromatic nitrogens is 1. The summed E-state index contributed by atoms with van der Waals surface area (Å²) in [5.41, 5.74) is 3.43. The van der Waals surface area contributed by atoms with Crippen LogP contribution in [0.1, 0.15) is 27.0 Å². The van der Waals surface area contributed by atoms with Gasteiger partial charge in [-0.15, -0.1) is 0 Å². The summed E-state index contributed by atoms with van der Waals surface area (Å²) in [4.78, 5) is 10.9. The zero-order chi connectivity index (χ0) is 17.6. The molecule has 0 bridgehead atoms. The lowest BCUT2D eigenvalue weighted by Crippen LogP contribution is -3.00. The minimum Gasteiger partial charge on any atom is -1.00 e. The number of benzene rings is 2. The number of nitrogens with zero attached hydrogens (tertiary/aromatic N) is 1. The molecule has 0 unspecified atom stereocenters. The first-order valence-corrected chi connectivity index (χ1v) is 7.88. The predicted octanol–water partition coefficient (Wildman–Crippen LogP) is 0.601. The third kappa shape index (κ3) is 5.19. The van der Waals surface area contributed by atoms with Crippen molar-refractivity contribution in [2.45, 2.75) is 6.54 Å². The van der Waals surface area contributed by atoms with Gasteiger partial charge in [0.05, 0.1) is 5.56 Å². The molecule has 1 aromatic heterocycles. The predicted molar refractivity (Wildman–Crippen MR) is 96.2 cm³/mol. The van der Waals surface area contributed by atoms with Gasteiger partial charge in [-0.05, 0) is 35.4 Å². The summed E-state index contributed by atoms with van der Waals surface area (Å²) in [6, 6.07) is 18.0. The third-order valence-corrected chi connectivity index (χ3v) is 3.84. The molecule has 0 aliphatic carbocycles. The van der Waals surface area contributed by atoms with E-state index < -0.39 is 5.97 Å². The number of pyridine rings is 1. The average Bonchev–Trinajstić information content (AvgIpc) is 2.63. The molecule has 0 aliphatic rings. The topological polar surface area (TPSA) is 61.4 Å². The van der Waals surface area contributed by atoms with Gasteiger partial charge in [-0.1, -0.05) is 36.4 Å². The second-order valence-corrected chi connectivity index (χ2v) is 5.73. The number of phenolic OH excluding ortho intramolecular Hbond substituents is 1. The smallest absolute Gasteiger partial charge is 0.335 e. The lowest BCUT2D eigenvalue weighted by molar-refractivity contribution is -0.688. The molecule has 3 rings (SSSR count). The van der Waals surface area contributed by atoms with Crippen molar-refractivity contribution in [3.8, 4) is 5.75 Å². The van der Waals surface area contributed by atoms with Crippen molar-refractivity contribution in [3.05, 3.63) is 95.3 Å². The number of halogens is 1. The first-order chi connectivity index (χ1) is 12.1. The van der Waals surface area contributed by atoms with Crippen molar-refractivity contribution >= 4 is 18.1 Å². The molecular weight excluding hydrogens is 350 g/mol. The van der Waals surface area contributed by atoms with Crippen LogP contribution in [0, 0.1) is 0 Å². The van der Waals surface area contributed by atoms with E-state index in [9.17, 15) is 9.90 Å². The zero-order valence-corrected chi connectivity index (χ0v) is 14.7. The van der Waals surface area contributed by atoms with E-state index in [1.54, 1.807) is 24.3 Å². The molecular formula is C21H18ClNO3. The summed E-state index contributed by atoms with van der Waals surface area (Å²) < 4.78 is 2.04. The SMILES string of the molecule is O=C(O)c1ccc(C[n+]2ccc(/C=C\c3ccc(O)cc3)cc2)cc1.[Cl-]. The lowest BCUT2D eigenvalue weighted by atomic mass is 10.1. The molecule has 0 atom stereocenters. The van der Waals surface area contributed by atoms with Gasteiger partial charge in [0.1, 0.15) is 5.75 Å². The van der Waals surface area contributed by atoms with Gasteiger partial charge in [0.15, 0.2) is 18.9 Å². The Balaban J connectivity index is 0.00000243. The average molecular weight is 368 g/mol. The molecule has 2 N–H and O–H groups in total. The van der Waals surface area contributed by atoms with Gasteiger partial charge in [0.2, 0.25) is 0 Å². The molecule has 5 heteroatoms. The molecule has 2 aromatic carbocycles. The van der Waals surface area contributed by atoms with Crippen LogP contribution in [0.2, 0.25) is 0 Å². The maximum absolute atomic E-state index is 10.9. The van der Waals surface area contributed by atoms with Gasteiger partial charge in [-0.2, -0.15) is 0 Å². The Morgan fingerprint density at radius 2 is 1.38 bits per heavy atom. The Morgan fingerprint density at radius 1 is 0.846 bits per heavy atom. The van der Waals surface area contributed by atoms with Crippen molar-refractivity contribution in [3.63, 3.8) is 0 Å². The molecule has 26 heavy (non-hydrogen) atoms. The maximum Gasteiger partial charge on any atom is 0.335 e. The summed E-state index contributed by atoms with van der Waals surface area (Å²) in [7, 11) is 0. The van der Waals surface area contributed by atoms with E-state index in [2.05, 4.69) is 0 Å². The minimum atomic E-state index is -0.913. The van der Waals surface area contributed by atoms with Crippen LogP contribution in [0.15, 0.2) is 73.1 Å². The summed E-state index contributed by atoms with van der Waals surface area (Å²) in [6.45, 7) is 0.682. The van der Waals surface area contributed by atoms with Gasteiger partial charge in [0.25, 0.3) is 0 Å². The highest BCUT2D eigenvalue weighted by molar-refractivity contribution is 5.87. The quantitative estimate of drug-likeness (QED) is 0.649. The third-order valence-electron chi connectivity index (χ3n) is 3.84. The van der Waals surface area contributed by atoms with Crippen LogP contribution in [0.3, 0.4) is 0 Å². The number of carboxylic acid groups (broad SMARTS) is 1. The molecule has 0 aliphatic heterocycles. The van der Waals surface area contributed by atoms with Crippen LogP contribution in [0.4, 0.5) is 0 Å². The molecule has 0 radical (unpaired) electrons. The fraction of sp³-hybridized carbons (Fsp3) is 0.0476. The number of phenols is 1.